The summed E-state index contributed by atoms with van der Waals surface area (Å²) in [5.41, 5.74) is -5.76. The third-order valence-corrected chi connectivity index (χ3v) is 6.58. The van der Waals surface area contributed by atoms with Crippen LogP contribution in [0.5, 0.6) is 5.75 Å². The van der Waals surface area contributed by atoms with Crippen LogP contribution in [0.15, 0.2) is 66.7 Å². The fourth-order valence-corrected chi connectivity index (χ4v) is 4.54. The number of amides is 2. The first-order chi connectivity index (χ1) is 20.7. The number of urea groups is 1. The number of hydrogen-bond donors (Lipinski definition) is 2. The van der Waals surface area contributed by atoms with Gasteiger partial charge in [0.2, 0.25) is 0 Å². The van der Waals surface area contributed by atoms with Crippen molar-refractivity contribution in [1.29, 1.82) is 0 Å². The Kier molecular flexibility index (Phi) is 10.3. The number of benzene rings is 3. The highest BCUT2D eigenvalue weighted by atomic mass is 19.4. The van der Waals surface area contributed by atoms with Crippen molar-refractivity contribution in [2.45, 2.75) is 56.7 Å². The Morgan fingerprint density at radius 1 is 0.822 bits per heavy atom. The minimum absolute atomic E-state index is 0.150. The van der Waals surface area contributed by atoms with Crippen molar-refractivity contribution < 1.29 is 62.2 Å². The summed E-state index contributed by atoms with van der Waals surface area (Å²) in [6.45, 7) is 2.20. The summed E-state index contributed by atoms with van der Waals surface area (Å²) in [5.74, 6) is -5.81. The zero-order valence-corrected chi connectivity index (χ0v) is 23.1. The average molecular weight is 660 g/mol. The Morgan fingerprint density at radius 2 is 1.44 bits per heavy atom. The van der Waals surface area contributed by atoms with E-state index in [2.05, 4.69) is 10.1 Å². The highest BCUT2D eigenvalue weighted by molar-refractivity contribution is 5.77. The third kappa shape index (κ3) is 8.54. The van der Waals surface area contributed by atoms with Crippen molar-refractivity contribution in [3.05, 3.63) is 101 Å². The molecule has 2 N–H and O–H groups in total. The number of carbonyl (C=O) groups is 1. The van der Waals surface area contributed by atoms with E-state index >= 15 is 0 Å². The molecule has 3 aromatic carbocycles. The number of nitrogens with one attached hydrogen (secondary N) is 2. The second-order valence-corrected chi connectivity index (χ2v) is 10.3. The Labute approximate surface area is 248 Å². The van der Waals surface area contributed by atoms with Gasteiger partial charge in [-0.2, -0.15) is 43.9 Å². The van der Waals surface area contributed by atoms with Gasteiger partial charge >= 0.3 is 30.9 Å². The van der Waals surface area contributed by atoms with Crippen molar-refractivity contribution in [3.63, 3.8) is 0 Å². The summed E-state index contributed by atoms with van der Waals surface area (Å²) >= 11 is 0. The molecule has 246 valence electrons. The van der Waals surface area contributed by atoms with E-state index in [-0.39, 0.29) is 17.7 Å². The molecule has 3 rings (SSSR count). The Balaban J connectivity index is 2.37. The smallest absolute Gasteiger partial charge is 0.428 e. The second-order valence-electron chi connectivity index (χ2n) is 10.3. The van der Waals surface area contributed by atoms with Gasteiger partial charge in [-0.25, -0.2) is 13.6 Å². The maximum atomic E-state index is 14.9. The zero-order chi connectivity index (χ0) is 34.0. The first-order valence-electron chi connectivity index (χ1n) is 12.9. The summed E-state index contributed by atoms with van der Waals surface area (Å²) in [4.78, 5) is 13.2. The molecular formula is C29H24F12N2O2. The Bertz CT molecular complexity index is 1480. The molecule has 1 unspecified atom stereocenters. The fourth-order valence-electron chi connectivity index (χ4n) is 4.54. The molecule has 0 fully saturated rings. The summed E-state index contributed by atoms with van der Waals surface area (Å²) in [5, 5.41) is 3.77. The van der Waals surface area contributed by atoms with E-state index in [4.69, 9.17) is 0 Å². The van der Waals surface area contributed by atoms with Crippen LogP contribution in [0.4, 0.5) is 57.5 Å². The first-order valence-corrected chi connectivity index (χ1v) is 12.9. The molecular weight excluding hydrogens is 636 g/mol. The molecule has 0 aromatic heterocycles. The van der Waals surface area contributed by atoms with Gasteiger partial charge in [-0.1, -0.05) is 50.2 Å². The van der Waals surface area contributed by atoms with E-state index in [1.54, 1.807) is 5.32 Å². The van der Waals surface area contributed by atoms with Crippen LogP contribution in [0.1, 0.15) is 36.1 Å². The molecule has 2 atom stereocenters. The molecule has 0 radical (unpaired) electrons. The van der Waals surface area contributed by atoms with Gasteiger partial charge in [0.15, 0.2) is 0 Å². The highest BCUT2D eigenvalue weighted by Crippen LogP contribution is 2.41. The summed E-state index contributed by atoms with van der Waals surface area (Å²) < 4.78 is 169. The molecule has 0 saturated carbocycles. The lowest BCUT2D eigenvalue weighted by molar-refractivity contribution is -0.253. The number of carbonyl (C=O) groups excluding carboxylic acids is 1. The van der Waals surface area contributed by atoms with Gasteiger partial charge in [-0.05, 0) is 46.9 Å². The van der Waals surface area contributed by atoms with Crippen LogP contribution in [0.3, 0.4) is 0 Å². The second kappa shape index (κ2) is 13.1. The van der Waals surface area contributed by atoms with E-state index in [9.17, 15) is 57.5 Å². The molecule has 0 bridgehead atoms. The third-order valence-electron chi connectivity index (χ3n) is 6.58. The molecule has 0 aliphatic rings. The van der Waals surface area contributed by atoms with E-state index in [0.29, 0.717) is 24.3 Å². The van der Waals surface area contributed by atoms with Gasteiger partial charge in [0.1, 0.15) is 23.4 Å². The maximum Gasteiger partial charge on any atom is 0.461 e. The van der Waals surface area contributed by atoms with Gasteiger partial charge in [0, 0.05) is 12.5 Å². The van der Waals surface area contributed by atoms with Crippen LogP contribution in [0, 0.1) is 17.6 Å². The highest BCUT2D eigenvalue weighted by Gasteiger charge is 2.47. The van der Waals surface area contributed by atoms with Gasteiger partial charge in [-0.3, -0.25) is 0 Å². The number of alkyl halides is 10. The molecule has 0 aliphatic carbocycles. The fraction of sp³-hybridized carbons (Fsp3) is 0.345. The van der Waals surface area contributed by atoms with Crippen molar-refractivity contribution >= 4 is 6.03 Å². The van der Waals surface area contributed by atoms with Crippen molar-refractivity contribution in [3.8, 4) is 5.75 Å². The lowest BCUT2D eigenvalue weighted by Crippen LogP contribution is -2.57. The van der Waals surface area contributed by atoms with Crippen LogP contribution in [0.25, 0.3) is 0 Å². The molecule has 4 nitrogen and oxygen atoms in total. The number of halogens is 12. The van der Waals surface area contributed by atoms with Crippen LogP contribution in [-0.4, -0.2) is 30.8 Å². The normalized spacial score (nSPS) is 14.7. The van der Waals surface area contributed by atoms with Crippen molar-refractivity contribution in [1.82, 2.24) is 10.6 Å². The van der Waals surface area contributed by atoms with E-state index in [1.165, 1.54) is 30.3 Å². The van der Waals surface area contributed by atoms with Gasteiger partial charge in [-0.15, -0.1) is 0 Å². The van der Waals surface area contributed by atoms with Crippen LogP contribution in [0.2, 0.25) is 0 Å². The van der Waals surface area contributed by atoms with Gasteiger partial charge in [0.05, 0.1) is 11.1 Å². The topological polar surface area (TPSA) is 50.4 Å². The van der Waals surface area contributed by atoms with Crippen molar-refractivity contribution in [2.24, 2.45) is 5.92 Å². The van der Waals surface area contributed by atoms with E-state index < -0.39 is 88.9 Å². The first kappa shape index (κ1) is 35.4. The lowest BCUT2D eigenvalue weighted by Gasteiger charge is -2.38. The van der Waals surface area contributed by atoms with Crippen molar-refractivity contribution in [2.75, 3.05) is 0 Å². The molecule has 0 aliphatic heterocycles. The number of ether oxygens (including phenoxy) is 1. The predicted octanol–water partition coefficient (Wildman–Crippen LogP) is 8.59. The average Bonchev–Trinajstić information content (AvgIpc) is 2.90. The van der Waals surface area contributed by atoms with Crippen LogP contribution < -0.4 is 15.4 Å². The Hall–Kier alpha value is -4.11. The van der Waals surface area contributed by atoms with Gasteiger partial charge in [0.25, 0.3) is 0 Å². The summed E-state index contributed by atoms with van der Waals surface area (Å²) in [6.07, 6.45) is -20.7. The Morgan fingerprint density at radius 3 is 1.98 bits per heavy atom. The van der Waals surface area contributed by atoms with E-state index in [0.717, 1.165) is 13.8 Å². The maximum absolute atomic E-state index is 14.9. The van der Waals surface area contributed by atoms with Crippen LogP contribution >= 0.6 is 0 Å². The lowest BCUT2D eigenvalue weighted by atomic mass is 9.77. The molecule has 0 heterocycles. The molecule has 2 amide bonds. The largest absolute Gasteiger partial charge is 0.461 e. The SMILES string of the molecule is CC(C)C(NC(=O)N[C@@](Cc1ccccc1)(c1cc(F)cc(OC(F)(F)C(F)F)c1)c1ccc(F)c(C(F)(F)F)c1)C(F)(F)F. The predicted molar refractivity (Wildman–Crippen MR) is 137 cm³/mol. The summed E-state index contributed by atoms with van der Waals surface area (Å²) in [6, 6.07) is 5.35. The van der Waals surface area contributed by atoms with Gasteiger partial charge < -0.3 is 15.4 Å². The molecule has 16 heteroatoms. The molecule has 45 heavy (non-hydrogen) atoms. The summed E-state index contributed by atoms with van der Waals surface area (Å²) in [7, 11) is 0. The minimum atomic E-state index is -5.35. The zero-order valence-electron chi connectivity index (χ0n) is 23.1. The monoisotopic (exact) mass is 660 g/mol. The minimum Gasteiger partial charge on any atom is -0.428 e. The molecule has 0 saturated heterocycles. The molecule has 0 spiro atoms. The molecule has 3 aromatic rings. The quantitative estimate of drug-likeness (QED) is 0.214. The van der Waals surface area contributed by atoms with E-state index in [1.807, 2.05) is 0 Å². The number of hydrogen-bond acceptors (Lipinski definition) is 2. The number of rotatable bonds is 10. The standard InChI is InChI=1S/C29H24F12N2O2/c1-15(2)23(28(37,38)39)42-25(44)43-26(14-16-6-4-3-5-7-16,17-8-9-22(31)21(12-17)27(34,35)36)18-10-19(30)13-20(11-18)45-29(40,41)24(32)33/h3-13,15,23-24H,14H2,1-2H3,(H2,42,43,44)/t23?,26-/m1/s1. The van der Waals surface area contributed by atoms with Crippen LogP contribution in [-0.2, 0) is 18.1 Å².